The molecule has 1 aromatic heterocycles. The van der Waals surface area contributed by atoms with Crippen molar-refractivity contribution in [2.75, 3.05) is 6.54 Å². The van der Waals surface area contributed by atoms with E-state index >= 15 is 0 Å². The monoisotopic (exact) mass is 747 g/mol. The smallest absolute Gasteiger partial charge is 0.274 e. The Labute approximate surface area is 308 Å². The summed E-state index contributed by atoms with van der Waals surface area (Å²) in [4.78, 5) is 64.0. The Hall–Kier alpha value is -4.30. The fourth-order valence-corrected chi connectivity index (χ4v) is 9.54. The molecule has 2 aromatic carbocycles. The maximum atomic E-state index is 14.8. The average molecular weight is 748 g/mol. The van der Waals surface area contributed by atoms with Gasteiger partial charge in [0, 0.05) is 25.8 Å². The van der Waals surface area contributed by atoms with Crippen LogP contribution in [0.2, 0.25) is 0 Å². The number of hydrogen-bond donors (Lipinski definition) is 2. The van der Waals surface area contributed by atoms with Gasteiger partial charge in [0.25, 0.3) is 11.1 Å². The van der Waals surface area contributed by atoms with Crippen LogP contribution >= 0.6 is 11.3 Å². The lowest BCUT2D eigenvalue weighted by atomic mass is 10.0. The van der Waals surface area contributed by atoms with Gasteiger partial charge in [-0.2, -0.15) is 0 Å². The van der Waals surface area contributed by atoms with E-state index in [2.05, 4.69) is 15.0 Å². The van der Waals surface area contributed by atoms with Crippen LogP contribution < -0.4 is 14.8 Å². The van der Waals surface area contributed by atoms with Gasteiger partial charge in [-0.15, -0.1) is 0 Å². The fraction of sp³-hybridized carbons (Fsp3) is 0.500. The van der Waals surface area contributed by atoms with E-state index in [1.165, 1.54) is 23.2 Å². The SMILES string of the molecule is CC(=O)N(Cc1ccccc1)[C@H]1CCCCCC=C[C@@H]2C[C@@]2(C(=O)NS(=O)(=O)C2(C)CC2)NC(=O)[C@@H]2C[C@@H](Oc3nc4ccccc4s3)CN2C1=O. The van der Waals surface area contributed by atoms with E-state index in [0.29, 0.717) is 30.9 Å². The van der Waals surface area contributed by atoms with Crippen LogP contribution in [-0.4, -0.2) is 81.8 Å². The second-order valence-corrected chi connectivity index (χ2v) is 18.0. The van der Waals surface area contributed by atoms with E-state index < -0.39 is 56.2 Å². The minimum atomic E-state index is -3.96. The molecule has 3 fully saturated rings. The zero-order valence-corrected chi connectivity index (χ0v) is 31.1. The van der Waals surface area contributed by atoms with Crippen molar-refractivity contribution in [3.05, 3.63) is 72.3 Å². The Morgan fingerprint density at radius 3 is 2.56 bits per heavy atom. The number of allylic oxidation sites excluding steroid dienone is 1. The van der Waals surface area contributed by atoms with Crippen molar-refractivity contribution in [2.24, 2.45) is 5.92 Å². The number of benzene rings is 2. The molecule has 2 aliphatic carbocycles. The van der Waals surface area contributed by atoms with Crippen molar-refractivity contribution in [3.63, 3.8) is 0 Å². The molecule has 2 N–H and O–H groups in total. The zero-order chi connectivity index (χ0) is 36.7. The highest BCUT2D eigenvalue weighted by Gasteiger charge is 2.63. The summed E-state index contributed by atoms with van der Waals surface area (Å²) in [6.45, 7) is 3.35. The third-order valence-electron chi connectivity index (χ3n) is 11.0. The molecular formula is C38H45N5O7S2. The summed E-state index contributed by atoms with van der Waals surface area (Å²) in [5.41, 5.74) is 0.172. The summed E-state index contributed by atoms with van der Waals surface area (Å²) in [5.74, 6) is -2.38. The Kier molecular flexibility index (Phi) is 9.89. The molecule has 2 saturated carbocycles. The van der Waals surface area contributed by atoms with E-state index in [4.69, 9.17) is 4.74 Å². The Morgan fingerprint density at radius 1 is 1.08 bits per heavy atom. The number of thiazole rings is 1. The second kappa shape index (κ2) is 14.3. The molecule has 1 saturated heterocycles. The van der Waals surface area contributed by atoms with Crippen molar-refractivity contribution in [3.8, 4) is 5.19 Å². The minimum Gasteiger partial charge on any atom is -0.465 e. The quantitative estimate of drug-likeness (QED) is 0.321. The molecule has 0 radical (unpaired) electrons. The van der Waals surface area contributed by atoms with Gasteiger partial charge in [0.1, 0.15) is 23.7 Å². The number of aromatic nitrogens is 1. The summed E-state index contributed by atoms with van der Waals surface area (Å²) >= 11 is 1.37. The lowest BCUT2D eigenvalue weighted by molar-refractivity contribution is -0.149. The number of nitrogens with zero attached hydrogens (tertiary/aromatic N) is 3. The topological polar surface area (TPSA) is 155 Å². The standard InChI is InChI=1S/C38H45N5O7S2/c1-25(44)42(23-26-13-7-6-8-14-26)30-17-10-5-3-4-9-15-27-22-38(27,35(47)41-52(48,49)37(2)19-20-37)40-33(45)31-21-28(24-43(31)34(30)46)50-36-39-29-16-11-12-18-32(29)51-36/h6-9,11-16,18,27-28,30-31H,3-5,10,17,19-24H2,1-2H3,(H,40,45)(H,41,47)/t27-,28-,30+,31+,38-/m1/s1. The van der Waals surface area contributed by atoms with E-state index in [1.54, 1.807) is 11.8 Å². The first-order chi connectivity index (χ1) is 24.9. The van der Waals surface area contributed by atoms with Crippen LogP contribution in [0, 0.1) is 5.92 Å². The number of sulfonamides is 1. The summed E-state index contributed by atoms with van der Waals surface area (Å²) in [6.07, 6.45) is 7.98. The Balaban J connectivity index is 1.21. The van der Waals surface area contributed by atoms with Gasteiger partial charge in [0.15, 0.2) is 0 Å². The maximum absolute atomic E-state index is 14.8. The lowest BCUT2D eigenvalue weighted by Gasteiger charge is -2.35. The second-order valence-electron chi connectivity index (χ2n) is 14.8. The predicted molar refractivity (Wildman–Crippen MR) is 197 cm³/mol. The van der Waals surface area contributed by atoms with Crippen LogP contribution in [0.25, 0.3) is 10.2 Å². The maximum Gasteiger partial charge on any atom is 0.274 e. The highest BCUT2D eigenvalue weighted by Crippen LogP contribution is 2.47. The number of rotatable bonds is 8. The van der Waals surface area contributed by atoms with E-state index in [0.717, 1.165) is 35.0 Å². The van der Waals surface area contributed by atoms with Crippen molar-refractivity contribution < 1.29 is 32.3 Å². The molecule has 7 rings (SSSR count). The van der Waals surface area contributed by atoms with Gasteiger partial charge in [0.2, 0.25) is 27.7 Å². The number of amides is 4. The predicted octanol–water partition coefficient (Wildman–Crippen LogP) is 4.46. The van der Waals surface area contributed by atoms with E-state index in [9.17, 15) is 27.6 Å². The molecular weight excluding hydrogens is 703 g/mol. The van der Waals surface area contributed by atoms with Gasteiger partial charge in [0.05, 0.1) is 21.5 Å². The van der Waals surface area contributed by atoms with Crippen LogP contribution in [0.4, 0.5) is 0 Å². The van der Waals surface area contributed by atoms with Crippen LogP contribution in [0.3, 0.4) is 0 Å². The summed E-state index contributed by atoms with van der Waals surface area (Å²) < 4.78 is 34.8. The Bertz CT molecular complexity index is 1960. The third kappa shape index (κ3) is 7.32. The zero-order valence-electron chi connectivity index (χ0n) is 29.5. The number of ether oxygens (including phenoxy) is 1. The number of carbonyl (C=O) groups excluding carboxylic acids is 4. The molecule has 14 heteroatoms. The number of carbonyl (C=O) groups is 4. The first kappa shape index (κ1) is 36.1. The van der Waals surface area contributed by atoms with Crippen molar-refractivity contribution in [1.82, 2.24) is 24.8 Å². The highest BCUT2D eigenvalue weighted by molar-refractivity contribution is 7.91. The van der Waals surface area contributed by atoms with Gasteiger partial charge in [-0.1, -0.05) is 78.8 Å². The molecule has 4 aliphatic rings. The van der Waals surface area contributed by atoms with Gasteiger partial charge < -0.3 is 19.9 Å². The summed E-state index contributed by atoms with van der Waals surface area (Å²) in [6, 6.07) is 15.2. The van der Waals surface area contributed by atoms with Gasteiger partial charge in [-0.25, -0.2) is 13.4 Å². The minimum absolute atomic E-state index is 0.0652. The number of para-hydroxylation sites is 1. The molecule has 3 aromatic rings. The lowest BCUT2D eigenvalue weighted by Crippen LogP contribution is -2.58. The molecule has 0 bridgehead atoms. The first-order valence-corrected chi connectivity index (χ1v) is 20.4. The molecule has 52 heavy (non-hydrogen) atoms. The average Bonchev–Trinajstić information content (AvgIpc) is 3.92. The molecule has 276 valence electrons. The molecule has 3 heterocycles. The summed E-state index contributed by atoms with van der Waals surface area (Å²) in [7, 11) is -3.96. The Morgan fingerprint density at radius 2 is 1.83 bits per heavy atom. The molecule has 0 spiro atoms. The molecule has 12 nitrogen and oxygen atoms in total. The van der Waals surface area contributed by atoms with E-state index in [1.807, 2.05) is 66.7 Å². The molecule has 2 aliphatic heterocycles. The van der Waals surface area contributed by atoms with Crippen molar-refractivity contribution >= 4 is 55.2 Å². The first-order valence-electron chi connectivity index (χ1n) is 18.1. The third-order valence-corrected chi connectivity index (χ3v) is 14.1. The number of fused-ring (bicyclic) bond motifs is 3. The highest BCUT2D eigenvalue weighted by atomic mass is 32.2. The van der Waals surface area contributed by atoms with Gasteiger partial charge in [-0.3, -0.25) is 23.9 Å². The van der Waals surface area contributed by atoms with Crippen molar-refractivity contribution in [1.29, 1.82) is 0 Å². The van der Waals surface area contributed by atoms with Crippen LogP contribution in [0.1, 0.15) is 77.2 Å². The molecule has 0 unspecified atom stereocenters. The summed E-state index contributed by atoms with van der Waals surface area (Å²) in [5, 5.41) is 3.34. The van der Waals surface area contributed by atoms with Crippen molar-refractivity contribution in [2.45, 2.75) is 107 Å². The van der Waals surface area contributed by atoms with E-state index in [-0.39, 0.29) is 37.7 Å². The van der Waals surface area contributed by atoms with Crippen LogP contribution in [0.15, 0.2) is 66.7 Å². The van der Waals surface area contributed by atoms with Gasteiger partial charge >= 0.3 is 0 Å². The number of nitrogens with one attached hydrogen (secondary N) is 2. The van der Waals surface area contributed by atoms with Crippen LogP contribution in [-0.2, 0) is 35.7 Å². The number of hydrogen-bond acceptors (Lipinski definition) is 9. The van der Waals surface area contributed by atoms with Gasteiger partial charge in [-0.05, 0) is 63.1 Å². The molecule has 5 atom stereocenters. The largest absolute Gasteiger partial charge is 0.465 e. The molecule has 4 amide bonds. The fourth-order valence-electron chi connectivity index (χ4n) is 7.35. The normalized spacial score (nSPS) is 27.4. The van der Waals surface area contributed by atoms with Crippen LogP contribution in [0.5, 0.6) is 5.19 Å².